The fourth-order valence-electron chi connectivity index (χ4n) is 2.28. The first kappa shape index (κ1) is 11.9. The van der Waals surface area contributed by atoms with Crippen molar-refractivity contribution in [2.75, 3.05) is 24.3 Å². The summed E-state index contributed by atoms with van der Waals surface area (Å²) in [5, 5.41) is 3.80. The topological polar surface area (TPSA) is 77.2 Å². The number of pyridine rings is 1. The molecule has 1 aliphatic heterocycles. The Morgan fingerprint density at radius 2 is 2.32 bits per heavy atom. The zero-order valence-electron chi connectivity index (χ0n) is 10.4. The number of rotatable bonds is 2. The molecular formula is C14H15N3O2. The van der Waals surface area contributed by atoms with Gasteiger partial charge in [0.2, 0.25) is 5.91 Å². The first-order chi connectivity index (χ1) is 9.25. The second-order valence-corrected chi connectivity index (χ2v) is 4.65. The summed E-state index contributed by atoms with van der Waals surface area (Å²) < 4.78 is 5.23. The molecule has 98 valence electrons. The van der Waals surface area contributed by atoms with Crippen molar-refractivity contribution >= 4 is 28.2 Å². The van der Waals surface area contributed by atoms with Crippen LogP contribution < -0.4 is 11.1 Å². The number of nitrogen functional groups attached to an aromatic ring is 1. The third kappa shape index (κ3) is 2.24. The smallest absolute Gasteiger partial charge is 0.229 e. The van der Waals surface area contributed by atoms with Crippen LogP contribution in [0.25, 0.3) is 10.9 Å². The lowest BCUT2D eigenvalue weighted by molar-refractivity contribution is -0.119. The van der Waals surface area contributed by atoms with Gasteiger partial charge < -0.3 is 15.8 Å². The number of amides is 1. The minimum Gasteiger partial charge on any atom is -0.397 e. The molecule has 1 atom stereocenters. The predicted molar refractivity (Wildman–Crippen MR) is 73.7 cm³/mol. The van der Waals surface area contributed by atoms with Gasteiger partial charge in [-0.2, -0.15) is 0 Å². The summed E-state index contributed by atoms with van der Waals surface area (Å²) in [7, 11) is 0. The van der Waals surface area contributed by atoms with Crippen LogP contribution in [0, 0.1) is 5.92 Å². The number of nitrogens with zero attached hydrogens (tertiary/aromatic N) is 1. The maximum atomic E-state index is 12.1. The molecule has 0 bridgehead atoms. The number of carbonyl (C=O) groups is 1. The van der Waals surface area contributed by atoms with E-state index in [-0.39, 0.29) is 11.8 Å². The van der Waals surface area contributed by atoms with Crippen LogP contribution in [0.5, 0.6) is 0 Å². The molecule has 2 heterocycles. The number of ether oxygens (including phenoxy) is 1. The van der Waals surface area contributed by atoms with Crippen molar-refractivity contribution < 1.29 is 9.53 Å². The Bertz CT molecular complexity index is 621. The van der Waals surface area contributed by atoms with Crippen molar-refractivity contribution in [3.05, 3.63) is 30.5 Å². The Kier molecular flexibility index (Phi) is 3.05. The molecule has 0 spiro atoms. The van der Waals surface area contributed by atoms with Crippen molar-refractivity contribution in [2.24, 2.45) is 5.92 Å². The van der Waals surface area contributed by atoms with E-state index < -0.39 is 0 Å². The monoisotopic (exact) mass is 257 g/mol. The van der Waals surface area contributed by atoms with Crippen LogP contribution in [-0.4, -0.2) is 24.1 Å². The Hall–Kier alpha value is -2.14. The molecule has 1 fully saturated rings. The molecule has 3 N–H and O–H groups in total. The van der Waals surface area contributed by atoms with E-state index in [2.05, 4.69) is 10.3 Å². The van der Waals surface area contributed by atoms with E-state index >= 15 is 0 Å². The number of carbonyl (C=O) groups excluding carboxylic acids is 1. The summed E-state index contributed by atoms with van der Waals surface area (Å²) in [6, 6.07) is 7.30. The van der Waals surface area contributed by atoms with E-state index in [9.17, 15) is 4.79 Å². The fourth-order valence-corrected chi connectivity index (χ4v) is 2.28. The van der Waals surface area contributed by atoms with E-state index in [1.54, 1.807) is 12.3 Å². The summed E-state index contributed by atoms with van der Waals surface area (Å²) in [4.78, 5) is 16.3. The molecule has 1 aromatic heterocycles. The second kappa shape index (κ2) is 4.85. The standard InChI is InChI=1S/C14H15N3O2/c15-11-3-4-12(10-2-1-6-16-13(10)11)17-14(18)9-5-7-19-8-9/h1-4,6,9H,5,7-8,15H2,(H,17,18). The van der Waals surface area contributed by atoms with Gasteiger partial charge in [-0.25, -0.2) is 0 Å². The molecule has 1 saturated heterocycles. The van der Waals surface area contributed by atoms with E-state index in [1.807, 2.05) is 18.2 Å². The highest BCUT2D eigenvalue weighted by atomic mass is 16.5. The Balaban J connectivity index is 1.92. The fraction of sp³-hybridized carbons (Fsp3) is 0.286. The zero-order valence-corrected chi connectivity index (χ0v) is 10.4. The Morgan fingerprint density at radius 1 is 1.42 bits per heavy atom. The van der Waals surface area contributed by atoms with Gasteiger partial charge in [0.05, 0.1) is 29.4 Å². The lowest BCUT2D eigenvalue weighted by atomic mass is 10.1. The molecule has 5 heteroatoms. The number of hydrogen-bond acceptors (Lipinski definition) is 4. The molecule has 2 aromatic rings. The van der Waals surface area contributed by atoms with Crippen molar-refractivity contribution in [3.8, 4) is 0 Å². The first-order valence-electron chi connectivity index (χ1n) is 6.27. The molecule has 5 nitrogen and oxygen atoms in total. The lowest BCUT2D eigenvalue weighted by Gasteiger charge is -2.12. The van der Waals surface area contributed by atoms with E-state index in [4.69, 9.17) is 10.5 Å². The number of anilines is 2. The van der Waals surface area contributed by atoms with Crippen LogP contribution in [0.15, 0.2) is 30.5 Å². The van der Waals surface area contributed by atoms with Gasteiger partial charge in [0.15, 0.2) is 0 Å². The molecule has 1 unspecified atom stereocenters. The van der Waals surface area contributed by atoms with Crippen molar-refractivity contribution in [3.63, 3.8) is 0 Å². The van der Waals surface area contributed by atoms with E-state index in [0.717, 1.165) is 17.5 Å². The summed E-state index contributed by atoms with van der Waals surface area (Å²) in [6.07, 6.45) is 2.46. The summed E-state index contributed by atoms with van der Waals surface area (Å²) in [6.45, 7) is 1.15. The molecule has 0 radical (unpaired) electrons. The van der Waals surface area contributed by atoms with Gasteiger partial charge >= 0.3 is 0 Å². The van der Waals surface area contributed by atoms with E-state index in [1.165, 1.54) is 0 Å². The van der Waals surface area contributed by atoms with E-state index in [0.29, 0.717) is 24.4 Å². The number of aromatic nitrogens is 1. The van der Waals surface area contributed by atoms with Crippen molar-refractivity contribution in [2.45, 2.75) is 6.42 Å². The third-order valence-electron chi connectivity index (χ3n) is 3.36. The molecule has 0 saturated carbocycles. The number of fused-ring (bicyclic) bond motifs is 1. The van der Waals surface area contributed by atoms with Crippen LogP contribution in [0.4, 0.5) is 11.4 Å². The molecule has 19 heavy (non-hydrogen) atoms. The molecule has 1 aliphatic rings. The quantitative estimate of drug-likeness (QED) is 0.804. The van der Waals surface area contributed by atoms with Crippen LogP contribution in [0.2, 0.25) is 0 Å². The normalized spacial score (nSPS) is 18.6. The molecule has 1 aromatic carbocycles. The molecule has 1 amide bonds. The van der Waals surface area contributed by atoms with Crippen molar-refractivity contribution in [1.82, 2.24) is 4.98 Å². The van der Waals surface area contributed by atoms with Crippen molar-refractivity contribution in [1.29, 1.82) is 0 Å². The van der Waals surface area contributed by atoms with Gasteiger partial charge in [0.25, 0.3) is 0 Å². The number of nitrogens with two attached hydrogens (primary N) is 1. The zero-order chi connectivity index (χ0) is 13.2. The van der Waals surface area contributed by atoms with Crippen LogP contribution >= 0.6 is 0 Å². The third-order valence-corrected chi connectivity index (χ3v) is 3.36. The van der Waals surface area contributed by atoms with Gasteiger partial charge in [-0.05, 0) is 30.7 Å². The van der Waals surface area contributed by atoms with Gasteiger partial charge in [0, 0.05) is 18.2 Å². The summed E-state index contributed by atoms with van der Waals surface area (Å²) >= 11 is 0. The highest BCUT2D eigenvalue weighted by Gasteiger charge is 2.23. The molecule has 3 rings (SSSR count). The van der Waals surface area contributed by atoms with Gasteiger partial charge in [0.1, 0.15) is 0 Å². The van der Waals surface area contributed by atoms with Gasteiger partial charge in [-0.3, -0.25) is 9.78 Å². The van der Waals surface area contributed by atoms with Crippen LogP contribution in [0.1, 0.15) is 6.42 Å². The largest absolute Gasteiger partial charge is 0.397 e. The van der Waals surface area contributed by atoms with Gasteiger partial charge in [-0.1, -0.05) is 0 Å². The average molecular weight is 257 g/mol. The minimum atomic E-state index is -0.0655. The highest BCUT2D eigenvalue weighted by molar-refractivity contribution is 6.05. The average Bonchev–Trinajstić information content (AvgIpc) is 2.96. The Morgan fingerprint density at radius 3 is 3.11 bits per heavy atom. The highest BCUT2D eigenvalue weighted by Crippen LogP contribution is 2.27. The molecular weight excluding hydrogens is 242 g/mol. The summed E-state index contributed by atoms with van der Waals surface area (Å²) in [5.74, 6) is -0.0725. The van der Waals surface area contributed by atoms with Gasteiger partial charge in [-0.15, -0.1) is 0 Å². The molecule has 0 aliphatic carbocycles. The lowest BCUT2D eigenvalue weighted by Crippen LogP contribution is -2.23. The van der Waals surface area contributed by atoms with Crippen LogP contribution in [0.3, 0.4) is 0 Å². The second-order valence-electron chi connectivity index (χ2n) is 4.65. The number of benzene rings is 1. The SMILES string of the molecule is Nc1ccc(NC(=O)C2CCOC2)c2cccnc12. The first-order valence-corrected chi connectivity index (χ1v) is 6.27. The Labute approximate surface area is 110 Å². The number of hydrogen-bond donors (Lipinski definition) is 2. The predicted octanol–water partition coefficient (Wildman–Crippen LogP) is 1.79. The number of nitrogens with one attached hydrogen (secondary N) is 1. The maximum absolute atomic E-state index is 12.1. The van der Waals surface area contributed by atoms with Crippen LogP contribution in [-0.2, 0) is 9.53 Å². The minimum absolute atomic E-state index is 0.00701. The summed E-state index contributed by atoms with van der Waals surface area (Å²) in [5.41, 5.74) is 7.95. The maximum Gasteiger partial charge on any atom is 0.229 e.